The molecule has 0 aliphatic carbocycles. The van der Waals surface area contributed by atoms with Gasteiger partial charge >= 0.3 is 5.97 Å². The molecule has 0 radical (unpaired) electrons. The van der Waals surface area contributed by atoms with Crippen LogP contribution in [0.25, 0.3) is 0 Å². The van der Waals surface area contributed by atoms with Crippen LogP contribution < -0.4 is 0 Å². The number of carboxylic acid groups (broad SMARTS) is 2. The second-order valence-corrected chi connectivity index (χ2v) is 1.73. The van der Waals surface area contributed by atoms with Crippen molar-refractivity contribution in [2.75, 3.05) is 7.11 Å². The Morgan fingerprint density at radius 2 is 1.00 bits per heavy atom. The quantitative estimate of drug-likeness (QED) is 0.540. The van der Waals surface area contributed by atoms with E-state index in [0.717, 1.165) is 13.8 Å². The minimum absolute atomic E-state index is 0.245. The van der Waals surface area contributed by atoms with Crippen LogP contribution in [0.5, 0.6) is 0 Å². The summed E-state index contributed by atoms with van der Waals surface area (Å²) in [6.45, 7) is 3.53. The molecule has 0 spiro atoms. The minimum atomic E-state index is -0.833. The van der Waals surface area contributed by atoms with Gasteiger partial charge in [0.05, 0.1) is 7.11 Å². The Morgan fingerprint density at radius 3 is 1.00 bits per heavy atom. The fourth-order valence-electron chi connectivity index (χ4n) is 0. The fraction of sp³-hybridized carbons (Fsp3) is 0.571. The zero-order valence-corrected chi connectivity index (χ0v) is 8.03. The van der Waals surface area contributed by atoms with Crippen molar-refractivity contribution in [3.8, 4) is 0 Å². The number of carbonyl (C=O) groups is 3. The topological polar surface area (TPSA) is 101 Å². The Balaban J connectivity index is -0.000000117. The first-order valence-electron chi connectivity index (χ1n) is 3.17. The number of methoxy groups -OCH3 is 1. The molecule has 0 unspecified atom stereocenters. The van der Waals surface area contributed by atoms with E-state index in [4.69, 9.17) is 19.8 Å². The molecule has 0 aliphatic rings. The summed E-state index contributed by atoms with van der Waals surface area (Å²) in [5.74, 6) is -1.91. The van der Waals surface area contributed by atoms with Crippen LogP contribution in [0.3, 0.4) is 0 Å². The maximum Gasteiger partial charge on any atom is 0.302 e. The Labute approximate surface area is 76.1 Å². The van der Waals surface area contributed by atoms with Crippen molar-refractivity contribution < 1.29 is 29.3 Å². The molecule has 0 bridgehead atoms. The molecule has 0 aliphatic heterocycles. The van der Waals surface area contributed by atoms with Gasteiger partial charge in [-0.15, -0.1) is 0 Å². The lowest BCUT2D eigenvalue weighted by Crippen LogP contribution is -1.88. The first-order valence-corrected chi connectivity index (χ1v) is 3.17. The predicted molar refractivity (Wildman–Crippen MR) is 44.3 cm³/mol. The van der Waals surface area contributed by atoms with Gasteiger partial charge in [-0.1, -0.05) is 0 Å². The van der Waals surface area contributed by atoms with Crippen molar-refractivity contribution in [3.05, 3.63) is 0 Å². The summed E-state index contributed by atoms with van der Waals surface area (Å²) in [7, 11) is 1.35. The molecule has 0 heterocycles. The second-order valence-electron chi connectivity index (χ2n) is 1.73. The number of esters is 1. The number of carboxylic acids is 2. The molecule has 6 heteroatoms. The molecular weight excluding hydrogens is 180 g/mol. The molecule has 0 saturated heterocycles. The molecule has 0 saturated carbocycles. The maximum atomic E-state index is 9.59. The van der Waals surface area contributed by atoms with E-state index in [2.05, 4.69) is 4.74 Å². The lowest BCUT2D eigenvalue weighted by molar-refractivity contribution is -0.138. The van der Waals surface area contributed by atoms with Gasteiger partial charge in [-0.05, 0) is 0 Å². The van der Waals surface area contributed by atoms with Crippen molar-refractivity contribution in [1.82, 2.24) is 0 Å². The average Bonchev–Trinajstić information content (AvgIpc) is 1.84. The third-order valence-corrected chi connectivity index (χ3v) is 0.287. The van der Waals surface area contributed by atoms with Crippen LogP contribution in [0.15, 0.2) is 0 Å². The van der Waals surface area contributed by atoms with E-state index in [1.54, 1.807) is 0 Å². The molecule has 0 aromatic carbocycles. The maximum absolute atomic E-state index is 9.59. The molecule has 0 aromatic heterocycles. The smallest absolute Gasteiger partial charge is 0.302 e. The minimum Gasteiger partial charge on any atom is -0.481 e. The van der Waals surface area contributed by atoms with Gasteiger partial charge in [0.2, 0.25) is 0 Å². The highest BCUT2D eigenvalue weighted by Gasteiger charge is 1.75. The van der Waals surface area contributed by atoms with Crippen molar-refractivity contribution in [2.24, 2.45) is 0 Å². The van der Waals surface area contributed by atoms with Gasteiger partial charge in [-0.2, -0.15) is 0 Å². The molecule has 0 fully saturated rings. The molecule has 78 valence electrons. The summed E-state index contributed by atoms with van der Waals surface area (Å²) < 4.78 is 4.11. The molecular formula is C7H14O6. The third-order valence-electron chi connectivity index (χ3n) is 0.287. The van der Waals surface area contributed by atoms with E-state index < -0.39 is 11.9 Å². The van der Waals surface area contributed by atoms with Crippen LogP contribution in [0.2, 0.25) is 0 Å². The highest BCUT2D eigenvalue weighted by molar-refractivity contribution is 5.65. The van der Waals surface area contributed by atoms with E-state index in [9.17, 15) is 4.79 Å². The average molecular weight is 194 g/mol. The van der Waals surface area contributed by atoms with Gasteiger partial charge in [0.25, 0.3) is 11.9 Å². The Kier molecular flexibility index (Phi) is 17.5. The second kappa shape index (κ2) is 13.0. The summed E-state index contributed by atoms with van der Waals surface area (Å²) in [6, 6.07) is 0. The van der Waals surface area contributed by atoms with Gasteiger partial charge in [-0.3, -0.25) is 14.4 Å². The largest absolute Gasteiger partial charge is 0.481 e. The normalized spacial score (nSPS) is 6.46. The van der Waals surface area contributed by atoms with Crippen molar-refractivity contribution in [1.29, 1.82) is 0 Å². The number of hydrogen-bond donors (Lipinski definition) is 2. The van der Waals surface area contributed by atoms with Crippen LogP contribution >= 0.6 is 0 Å². The molecule has 0 rings (SSSR count). The molecule has 0 amide bonds. The third kappa shape index (κ3) is 4380. The summed E-state index contributed by atoms with van der Waals surface area (Å²) in [5.41, 5.74) is 0. The van der Waals surface area contributed by atoms with Crippen LogP contribution in [0, 0.1) is 0 Å². The standard InChI is InChI=1S/C3H6O2.2C2H4O2/c1-3(4)5-2;2*1-2(3)4/h1-2H3;2*1H3,(H,3,4). The van der Waals surface area contributed by atoms with Crippen LogP contribution in [0.1, 0.15) is 20.8 Å². The summed E-state index contributed by atoms with van der Waals surface area (Å²) in [4.78, 5) is 27.6. The molecule has 2 N–H and O–H groups in total. The fourth-order valence-corrected chi connectivity index (χ4v) is 0. The number of ether oxygens (including phenoxy) is 1. The lowest BCUT2D eigenvalue weighted by Gasteiger charge is -1.80. The summed E-state index contributed by atoms with van der Waals surface area (Å²) >= 11 is 0. The van der Waals surface area contributed by atoms with Crippen LogP contribution in [-0.4, -0.2) is 35.2 Å². The SMILES string of the molecule is CC(=O)O.CC(=O)O.COC(C)=O. The van der Waals surface area contributed by atoms with Gasteiger partial charge in [0.15, 0.2) is 0 Å². The van der Waals surface area contributed by atoms with Gasteiger partial charge in [0, 0.05) is 20.8 Å². The van der Waals surface area contributed by atoms with E-state index in [1.807, 2.05) is 0 Å². The highest BCUT2D eigenvalue weighted by atomic mass is 16.5. The number of rotatable bonds is 0. The summed E-state index contributed by atoms with van der Waals surface area (Å²) in [5, 5.41) is 14.8. The van der Waals surface area contributed by atoms with Crippen LogP contribution in [-0.2, 0) is 19.1 Å². The van der Waals surface area contributed by atoms with Crippen molar-refractivity contribution >= 4 is 17.9 Å². The first-order chi connectivity index (χ1) is 5.73. The molecule has 0 atom stereocenters. The number of carbonyl (C=O) groups excluding carboxylic acids is 1. The van der Waals surface area contributed by atoms with Crippen molar-refractivity contribution in [3.63, 3.8) is 0 Å². The highest BCUT2D eigenvalue weighted by Crippen LogP contribution is 1.60. The van der Waals surface area contributed by atoms with Crippen molar-refractivity contribution in [2.45, 2.75) is 20.8 Å². The van der Waals surface area contributed by atoms with E-state index >= 15 is 0 Å². The zero-order valence-electron chi connectivity index (χ0n) is 8.03. The van der Waals surface area contributed by atoms with E-state index in [1.165, 1.54) is 14.0 Å². The summed E-state index contributed by atoms with van der Waals surface area (Å²) in [6.07, 6.45) is 0. The Hall–Kier alpha value is -1.59. The Bertz CT molecular complexity index is 142. The predicted octanol–water partition coefficient (Wildman–Crippen LogP) is 0.361. The van der Waals surface area contributed by atoms with Crippen LogP contribution in [0.4, 0.5) is 0 Å². The Morgan fingerprint density at radius 1 is 0.923 bits per heavy atom. The first kappa shape index (κ1) is 17.5. The molecule has 6 nitrogen and oxygen atoms in total. The van der Waals surface area contributed by atoms with E-state index in [-0.39, 0.29) is 5.97 Å². The zero-order chi connectivity index (χ0) is 11.4. The van der Waals surface area contributed by atoms with Gasteiger partial charge in [-0.25, -0.2) is 0 Å². The van der Waals surface area contributed by atoms with E-state index in [0.29, 0.717) is 0 Å². The number of hydrogen-bond acceptors (Lipinski definition) is 4. The molecule has 13 heavy (non-hydrogen) atoms. The number of aliphatic carboxylic acids is 2. The van der Waals surface area contributed by atoms with Gasteiger partial charge in [0.1, 0.15) is 0 Å². The molecule has 0 aromatic rings. The van der Waals surface area contributed by atoms with Gasteiger partial charge < -0.3 is 14.9 Å². The monoisotopic (exact) mass is 194 g/mol. The lowest BCUT2D eigenvalue weighted by atomic mass is 10.8.